The van der Waals surface area contributed by atoms with E-state index in [4.69, 9.17) is 0 Å². The number of fused-ring (bicyclic) bond motifs is 3. The van der Waals surface area contributed by atoms with Crippen LogP contribution >= 0.6 is 0 Å². The summed E-state index contributed by atoms with van der Waals surface area (Å²) in [5.41, 5.74) is 4.01. The lowest BCUT2D eigenvalue weighted by atomic mass is 9.91. The van der Waals surface area contributed by atoms with E-state index >= 15 is 0 Å². The normalized spacial score (nSPS) is 22.8. The van der Waals surface area contributed by atoms with Crippen molar-refractivity contribution < 1.29 is 4.39 Å². The molecule has 2 heterocycles. The van der Waals surface area contributed by atoms with Crippen molar-refractivity contribution in [1.29, 1.82) is 0 Å². The molecule has 1 aliphatic carbocycles. The van der Waals surface area contributed by atoms with Crippen LogP contribution in [0, 0.1) is 5.82 Å². The van der Waals surface area contributed by atoms with Crippen LogP contribution in [-0.2, 0) is 13.0 Å². The van der Waals surface area contributed by atoms with E-state index in [9.17, 15) is 4.39 Å². The van der Waals surface area contributed by atoms with E-state index in [0.717, 1.165) is 24.9 Å². The van der Waals surface area contributed by atoms with E-state index in [0.29, 0.717) is 6.04 Å². The average molecular weight is 230 g/mol. The summed E-state index contributed by atoms with van der Waals surface area (Å²) in [5, 5.41) is 4.71. The molecule has 0 bridgehead atoms. The smallest absolute Gasteiger partial charge is 0.123 e. The minimum absolute atomic E-state index is 0.119. The Balaban J connectivity index is 2.11. The Morgan fingerprint density at radius 3 is 3.24 bits per heavy atom. The molecule has 1 aliphatic heterocycles. The first kappa shape index (κ1) is 9.66. The molecule has 1 atom stereocenters. The van der Waals surface area contributed by atoms with Crippen molar-refractivity contribution in [2.75, 3.05) is 6.54 Å². The van der Waals surface area contributed by atoms with Gasteiger partial charge >= 0.3 is 0 Å². The zero-order valence-electron chi connectivity index (χ0n) is 9.67. The van der Waals surface area contributed by atoms with Gasteiger partial charge in [0.15, 0.2) is 0 Å². The van der Waals surface area contributed by atoms with Crippen LogP contribution in [0.4, 0.5) is 4.39 Å². The first-order chi connectivity index (χ1) is 8.34. The van der Waals surface area contributed by atoms with Crippen LogP contribution in [-0.4, -0.2) is 11.1 Å². The summed E-state index contributed by atoms with van der Waals surface area (Å²) >= 11 is 0. The van der Waals surface area contributed by atoms with Gasteiger partial charge in [-0.1, -0.05) is 0 Å². The Bertz CT molecular complexity index is 598. The van der Waals surface area contributed by atoms with Gasteiger partial charge in [0, 0.05) is 35.7 Å². The third-order valence-corrected chi connectivity index (χ3v) is 4.15. The number of aromatic nitrogens is 1. The van der Waals surface area contributed by atoms with E-state index in [2.05, 4.69) is 9.88 Å². The van der Waals surface area contributed by atoms with Gasteiger partial charge in [-0.15, -0.1) is 0 Å². The predicted molar refractivity (Wildman–Crippen MR) is 65.6 cm³/mol. The maximum Gasteiger partial charge on any atom is 0.123 e. The second-order valence-electron chi connectivity index (χ2n) is 5.08. The lowest BCUT2D eigenvalue weighted by Crippen LogP contribution is -2.35. The molecule has 17 heavy (non-hydrogen) atoms. The van der Waals surface area contributed by atoms with Gasteiger partial charge in [0.1, 0.15) is 5.82 Å². The van der Waals surface area contributed by atoms with E-state index in [1.807, 2.05) is 6.07 Å². The molecule has 1 N–H and O–H groups in total. The Morgan fingerprint density at radius 1 is 1.35 bits per heavy atom. The summed E-state index contributed by atoms with van der Waals surface area (Å²) in [4.78, 5) is 0. The molecule has 3 heteroatoms. The molecule has 88 valence electrons. The lowest BCUT2D eigenvalue weighted by Gasteiger charge is -2.31. The highest BCUT2D eigenvalue weighted by Crippen LogP contribution is 2.38. The number of benzene rings is 1. The van der Waals surface area contributed by atoms with Crippen LogP contribution in [0.3, 0.4) is 0 Å². The van der Waals surface area contributed by atoms with Crippen molar-refractivity contribution in [1.82, 2.24) is 9.88 Å². The van der Waals surface area contributed by atoms with Gasteiger partial charge < -0.3 is 9.88 Å². The molecule has 2 aliphatic rings. The number of nitrogens with zero attached hydrogens (tertiary/aromatic N) is 1. The highest BCUT2D eigenvalue weighted by atomic mass is 19.1. The van der Waals surface area contributed by atoms with Crippen LogP contribution < -0.4 is 5.32 Å². The summed E-state index contributed by atoms with van der Waals surface area (Å²) in [7, 11) is 0. The van der Waals surface area contributed by atoms with Crippen LogP contribution in [0.5, 0.6) is 0 Å². The summed E-state index contributed by atoms with van der Waals surface area (Å²) in [6, 6.07) is 5.71. The molecule has 0 spiro atoms. The molecular formula is C14H15FN2. The van der Waals surface area contributed by atoms with E-state index < -0.39 is 0 Å². The quantitative estimate of drug-likeness (QED) is 0.736. The van der Waals surface area contributed by atoms with E-state index in [1.165, 1.54) is 29.6 Å². The third kappa shape index (κ3) is 1.23. The van der Waals surface area contributed by atoms with Gasteiger partial charge in [0.05, 0.1) is 0 Å². The predicted octanol–water partition coefficient (Wildman–Crippen LogP) is 2.76. The van der Waals surface area contributed by atoms with Gasteiger partial charge in [0.25, 0.3) is 0 Å². The summed E-state index contributed by atoms with van der Waals surface area (Å²) in [5.74, 6) is -0.119. The number of nitrogens with one attached hydrogen (secondary N) is 1. The fourth-order valence-electron chi connectivity index (χ4n) is 3.49. The monoisotopic (exact) mass is 230 g/mol. The SMILES string of the molecule is Fc1ccc2c(c1)c1c3n2CCNC3CCC1. The number of aryl methyl sites for hydroxylation is 1. The van der Waals surface area contributed by atoms with Crippen molar-refractivity contribution in [2.45, 2.75) is 31.8 Å². The molecule has 0 amide bonds. The molecule has 4 rings (SSSR count). The number of hydrogen-bond donors (Lipinski definition) is 1. The summed E-state index contributed by atoms with van der Waals surface area (Å²) < 4.78 is 15.8. The van der Waals surface area contributed by atoms with Crippen molar-refractivity contribution in [3.8, 4) is 0 Å². The topological polar surface area (TPSA) is 17.0 Å². The largest absolute Gasteiger partial charge is 0.342 e. The Morgan fingerprint density at radius 2 is 2.29 bits per heavy atom. The Kier molecular flexibility index (Phi) is 1.89. The molecule has 2 aromatic rings. The number of halogens is 1. The van der Waals surface area contributed by atoms with Gasteiger partial charge in [-0.3, -0.25) is 0 Å². The first-order valence-electron chi connectivity index (χ1n) is 6.38. The zero-order chi connectivity index (χ0) is 11.4. The van der Waals surface area contributed by atoms with E-state index in [-0.39, 0.29) is 5.82 Å². The van der Waals surface area contributed by atoms with Crippen LogP contribution in [0.1, 0.15) is 30.1 Å². The van der Waals surface area contributed by atoms with Gasteiger partial charge in [-0.05, 0) is 43.0 Å². The molecule has 0 saturated heterocycles. The highest BCUT2D eigenvalue weighted by molar-refractivity contribution is 5.86. The highest BCUT2D eigenvalue weighted by Gasteiger charge is 2.29. The van der Waals surface area contributed by atoms with Crippen LogP contribution in [0.15, 0.2) is 18.2 Å². The summed E-state index contributed by atoms with van der Waals surface area (Å²) in [6.07, 6.45) is 3.52. The molecule has 2 nitrogen and oxygen atoms in total. The maximum absolute atomic E-state index is 13.4. The molecule has 0 radical (unpaired) electrons. The van der Waals surface area contributed by atoms with Crippen molar-refractivity contribution in [2.24, 2.45) is 0 Å². The summed E-state index contributed by atoms with van der Waals surface area (Å²) in [6.45, 7) is 2.03. The molecule has 1 aromatic carbocycles. The fraction of sp³-hybridized carbons (Fsp3) is 0.429. The molecule has 0 fully saturated rings. The molecule has 0 saturated carbocycles. The molecule has 1 unspecified atom stereocenters. The second kappa shape index (κ2) is 3.33. The minimum Gasteiger partial charge on any atom is -0.342 e. The first-order valence-corrected chi connectivity index (χ1v) is 6.38. The minimum atomic E-state index is -0.119. The van der Waals surface area contributed by atoms with Gasteiger partial charge in [-0.2, -0.15) is 0 Å². The van der Waals surface area contributed by atoms with Crippen LogP contribution in [0.2, 0.25) is 0 Å². The van der Waals surface area contributed by atoms with Crippen molar-refractivity contribution in [3.63, 3.8) is 0 Å². The zero-order valence-corrected chi connectivity index (χ0v) is 9.67. The molecular weight excluding hydrogens is 215 g/mol. The standard InChI is InChI=1S/C14H15FN2/c15-9-4-5-13-11(8-9)10-2-1-3-12-14(10)17(13)7-6-16-12/h4-5,8,12,16H,1-3,6-7H2. The van der Waals surface area contributed by atoms with Crippen molar-refractivity contribution in [3.05, 3.63) is 35.3 Å². The van der Waals surface area contributed by atoms with E-state index in [1.54, 1.807) is 12.1 Å². The van der Waals surface area contributed by atoms with Crippen molar-refractivity contribution >= 4 is 10.9 Å². The molecule has 1 aromatic heterocycles. The fourth-order valence-corrected chi connectivity index (χ4v) is 3.49. The third-order valence-electron chi connectivity index (χ3n) is 4.15. The lowest BCUT2D eigenvalue weighted by molar-refractivity contribution is 0.384. The maximum atomic E-state index is 13.4. The average Bonchev–Trinajstić information content (AvgIpc) is 2.67. The van der Waals surface area contributed by atoms with Crippen LogP contribution in [0.25, 0.3) is 10.9 Å². The van der Waals surface area contributed by atoms with Gasteiger partial charge in [0.2, 0.25) is 0 Å². The number of hydrogen-bond acceptors (Lipinski definition) is 1. The Labute approximate surface area is 99.4 Å². The second-order valence-corrected chi connectivity index (χ2v) is 5.08. The number of rotatable bonds is 0. The van der Waals surface area contributed by atoms with Gasteiger partial charge in [-0.25, -0.2) is 4.39 Å². The Hall–Kier alpha value is -1.35.